The molecule has 4 aromatic rings. The van der Waals surface area contributed by atoms with Crippen LogP contribution in [0.25, 0.3) is 16.9 Å². The highest BCUT2D eigenvalue weighted by Gasteiger charge is 2.37. The molecule has 1 aliphatic heterocycles. The Kier molecular flexibility index (Phi) is 8.76. The van der Waals surface area contributed by atoms with Crippen molar-refractivity contribution in [3.63, 3.8) is 0 Å². The van der Waals surface area contributed by atoms with Crippen LogP contribution < -0.4 is 4.74 Å². The molecule has 5 rings (SSSR count). The molecule has 1 saturated heterocycles. The lowest BCUT2D eigenvalue weighted by Gasteiger charge is -2.41. The molecule has 2 heterocycles. The van der Waals surface area contributed by atoms with Crippen molar-refractivity contribution in [2.24, 2.45) is 0 Å². The Balaban J connectivity index is 1.50. The molecule has 0 saturated carbocycles. The molecular weight excluding hydrogens is 558 g/mol. The van der Waals surface area contributed by atoms with Crippen molar-refractivity contribution in [3.8, 4) is 22.7 Å². The van der Waals surface area contributed by atoms with Crippen LogP contribution in [0.2, 0.25) is 0 Å². The monoisotopic (exact) mass is 595 g/mol. The van der Waals surface area contributed by atoms with E-state index in [4.69, 9.17) is 9.47 Å². The number of aromatic nitrogens is 1. The molecule has 9 heteroatoms. The molecule has 0 radical (unpaired) electrons. The van der Waals surface area contributed by atoms with E-state index in [9.17, 15) is 19.5 Å². The lowest BCUT2D eigenvalue weighted by Crippen LogP contribution is -2.59. The maximum Gasteiger partial charge on any atom is 0.410 e. The fraction of sp³-hybridized carbons (Fsp3) is 0.286. The van der Waals surface area contributed by atoms with Crippen LogP contribution in [0.4, 0.5) is 4.79 Å². The van der Waals surface area contributed by atoms with E-state index in [1.54, 1.807) is 21.9 Å². The van der Waals surface area contributed by atoms with Gasteiger partial charge in [-0.3, -0.25) is 4.79 Å². The van der Waals surface area contributed by atoms with E-state index < -0.39 is 23.7 Å². The van der Waals surface area contributed by atoms with Crippen molar-refractivity contribution in [2.75, 3.05) is 26.2 Å². The second-order valence-corrected chi connectivity index (χ2v) is 11.8. The first-order chi connectivity index (χ1) is 21.0. The zero-order valence-corrected chi connectivity index (χ0v) is 25.4. The van der Waals surface area contributed by atoms with E-state index in [0.29, 0.717) is 17.9 Å². The van der Waals surface area contributed by atoms with Gasteiger partial charge in [-0.05, 0) is 69.7 Å². The first-order valence-electron chi connectivity index (χ1n) is 14.6. The third kappa shape index (κ3) is 6.78. The fourth-order valence-electron chi connectivity index (χ4n) is 5.42. The van der Waals surface area contributed by atoms with Gasteiger partial charge in [-0.2, -0.15) is 0 Å². The van der Waals surface area contributed by atoms with Gasteiger partial charge in [0.15, 0.2) is 0 Å². The van der Waals surface area contributed by atoms with E-state index in [-0.39, 0.29) is 31.2 Å². The molecule has 228 valence electrons. The Bertz CT molecular complexity index is 1640. The summed E-state index contributed by atoms with van der Waals surface area (Å²) in [5.74, 6) is -0.881. The molecule has 0 aliphatic carbocycles. The zero-order valence-electron chi connectivity index (χ0n) is 25.4. The number of carboxylic acid groups (broad SMARTS) is 1. The minimum atomic E-state index is -1.06. The van der Waals surface area contributed by atoms with Gasteiger partial charge in [-0.15, -0.1) is 0 Å². The van der Waals surface area contributed by atoms with Crippen LogP contribution in [-0.4, -0.2) is 75.3 Å². The maximum absolute atomic E-state index is 14.5. The van der Waals surface area contributed by atoms with Gasteiger partial charge < -0.3 is 28.9 Å². The quantitative estimate of drug-likeness (QED) is 0.270. The number of aromatic carboxylic acids is 1. The van der Waals surface area contributed by atoms with E-state index >= 15 is 0 Å². The average molecular weight is 596 g/mol. The summed E-state index contributed by atoms with van der Waals surface area (Å²) in [5, 5.41) is 9.41. The van der Waals surface area contributed by atoms with Gasteiger partial charge in [0.25, 0.3) is 5.91 Å². The normalized spacial score (nSPS) is 15.1. The van der Waals surface area contributed by atoms with Crippen LogP contribution >= 0.6 is 0 Å². The van der Waals surface area contributed by atoms with Crippen LogP contribution in [0.3, 0.4) is 0 Å². The number of para-hydroxylation sites is 1. The Morgan fingerprint density at radius 1 is 0.886 bits per heavy atom. The summed E-state index contributed by atoms with van der Waals surface area (Å²) in [7, 11) is 0. The molecule has 1 atom stereocenters. The minimum Gasteiger partial charge on any atom is -0.491 e. The van der Waals surface area contributed by atoms with Gasteiger partial charge >= 0.3 is 12.1 Å². The van der Waals surface area contributed by atoms with Gasteiger partial charge in [-0.25, -0.2) is 9.59 Å². The number of benzene rings is 3. The number of carbonyl (C=O) groups is 3. The predicted molar refractivity (Wildman–Crippen MR) is 167 cm³/mol. The molecule has 1 aromatic heterocycles. The summed E-state index contributed by atoms with van der Waals surface area (Å²) < 4.78 is 13.8. The molecular formula is C35H37N3O6. The second-order valence-electron chi connectivity index (χ2n) is 11.8. The van der Waals surface area contributed by atoms with Crippen molar-refractivity contribution < 1.29 is 29.0 Å². The number of hydrogen-bond donors (Lipinski definition) is 1. The first-order valence-corrected chi connectivity index (χ1v) is 14.6. The Labute approximate surface area is 257 Å². The third-order valence-corrected chi connectivity index (χ3v) is 7.40. The maximum atomic E-state index is 14.5. The third-order valence-electron chi connectivity index (χ3n) is 7.40. The molecule has 44 heavy (non-hydrogen) atoms. The van der Waals surface area contributed by atoms with E-state index in [1.165, 1.54) is 12.1 Å². The summed E-state index contributed by atoms with van der Waals surface area (Å²) >= 11 is 0. The number of piperazine rings is 1. The topological polar surface area (TPSA) is 101 Å². The van der Waals surface area contributed by atoms with E-state index in [1.807, 2.05) is 94.4 Å². The smallest absolute Gasteiger partial charge is 0.410 e. The molecule has 0 spiro atoms. The number of ether oxygens (including phenoxy) is 2. The zero-order chi connectivity index (χ0) is 31.4. The van der Waals surface area contributed by atoms with Crippen molar-refractivity contribution in [1.29, 1.82) is 0 Å². The molecule has 1 N–H and O–H groups in total. The van der Waals surface area contributed by atoms with Crippen LogP contribution in [0.1, 0.15) is 47.2 Å². The van der Waals surface area contributed by atoms with E-state index in [0.717, 1.165) is 22.6 Å². The van der Waals surface area contributed by atoms with E-state index in [2.05, 4.69) is 4.57 Å². The number of carbonyl (C=O) groups excluding carboxylic acids is 2. The van der Waals surface area contributed by atoms with Crippen LogP contribution in [0, 0.1) is 6.92 Å². The Morgan fingerprint density at radius 2 is 1.57 bits per heavy atom. The highest BCUT2D eigenvalue weighted by molar-refractivity contribution is 6.01. The molecule has 9 nitrogen and oxygen atoms in total. The summed E-state index contributed by atoms with van der Waals surface area (Å²) in [6, 6.07) is 27.3. The molecule has 0 bridgehead atoms. The Hall–Kier alpha value is -5.05. The summed E-state index contributed by atoms with van der Waals surface area (Å²) in [6.07, 6.45) is -0.460. The Morgan fingerprint density at radius 3 is 2.23 bits per heavy atom. The molecule has 1 unspecified atom stereocenters. The van der Waals surface area contributed by atoms with Crippen LogP contribution in [0.5, 0.6) is 5.75 Å². The number of carboxylic acids is 1. The average Bonchev–Trinajstić information content (AvgIpc) is 3.36. The lowest BCUT2D eigenvalue weighted by atomic mass is 10.0. The van der Waals surface area contributed by atoms with Gasteiger partial charge in [-0.1, -0.05) is 54.6 Å². The highest BCUT2D eigenvalue weighted by atomic mass is 16.6. The predicted octanol–water partition coefficient (Wildman–Crippen LogP) is 6.29. The molecule has 1 aliphatic rings. The summed E-state index contributed by atoms with van der Waals surface area (Å²) in [5.41, 5.74) is 3.50. The minimum absolute atomic E-state index is 0.0488. The standard InChI is InChI=1S/C35H37N3O6/c1-24-20-30(31(25-12-7-5-8-13-25)38(24)27-15-9-6-10-16-27)32(39)37-19-18-36(34(42)44-35(2,3)4)22-28(37)23-43-29-17-11-14-26(21-29)33(40)41/h5-17,20-21,28H,18-19,22-23H2,1-4H3,(H,40,41). The number of hydrogen-bond acceptors (Lipinski definition) is 5. The molecule has 3 aromatic carbocycles. The lowest BCUT2D eigenvalue weighted by molar-refractivity contribution is -0.000929. The number of nitrogens with zero attached hydrogens (tertiary/aromatic N) is 3. The van der Waals surface area contributed by atoms with Gasteiger partial charge in [0.05, 0.1) is 22.9 Å². The largest absolute Gasteiger partial charge is 0.491 e. The number of rotatable bonds is 7. The van der Waals surface area contributed by atoms with Crippen molar-refractivity contribution in [1.82, 2.24) is 14.4 Å². The second kappa shape index (κ2) is 12.7. The van der Waals surface area contributed by atoms with Gasteiger partial charge in [0.1, 0.15) is 18.0 Å². The SMILES string of the molecule is Cc1cc(C(=O)N2CCN(C(=O)OC(C)(C)C)CC2COc2cccc(C(=O)O)c2)c(-c2ccccc2)n1-c1ccccc1. The molecule has 2 amide bonds. The van der Waals surface area contributed by atoms with Gasteiger partial charge in [0, 0.05) is 31.0 Å². The van der Waals surface area contributed by atoms with Crippen molar-refractivity contribution in [3.05, 3.63) is 108 Å². The number of amides is 2. The number of aryl methyl sites for hydroxylation is 1. The first kappa shape index (κ1) is 30.4. The van der Waals surface area contributed by atoms with Crippen LogP contribution in [-0.2, 0) is 4.74 Å². The van der Waals surface area contributed by atoms with Gasteiger partial charge in [0.2, 0.25) is 0 Å². The molecule has 1 fully saturated rings. The van der Waals surface area contributed by atoms with Crippen LogP contribution in [0.15, 0.2) is 91.0 Å². The van der Waals surface area contributed by atoms with Crippen molar-refractivity contribution >= 4 is 18.0 Å². The summed E-state index contributed by atoms with van der Waals surface area (Å²) in [4.78, 5) is 42.4. The fourth-order valence-corrected chi connectivity index (χ4v) is 5.42. The van der Waals surface area contributed by atoms with Crippen molar-refractivity contribution in [2.45, 2.75) is 39.3 Å². The highest BCUT2D eigenvalue weighted by Crippen LogP contribution is 2.33. The summed E-state index contributed by atoms with van der Waals surface area (Å²) in [6.45, 7) is 8.22.